The minimum atomic E-state index is 0.0994. The average molecular weight is 700 g/mol. The van der Waals surface area contributed by atoms with Crippen LogP contribution < -0.4 is 26.0 Å². The lowest BCUT2D eigenvalue weighted by molar-refractivity contribution is -0.120. The molecule has 49 heavy (non-hydrogen) atoms. The van der Waals surface area contributed by atoms with Gasteiger partial charge in [-0.15, -0.1) is 0 Å². The number of methoxy groups -OCH3 is 1. The van der Waals surface area contributed by atoms with Crippen molar-refractivity contribution in [3.63, 3.8) is 0 Å². The van der Waals surface area contributed by atoms with E-state index in [1.165, 1.54) is 0 Å². The topological polar surface area (TPSA) is 135 Å². The first-order chi connectivity index (χ1) is 23.9. The van der Waals surface area contributed by atoms with E-state index in [0.29, 0.717) is 66.3 Å². The minimum absolute atomic E-state index is 0.0994. The summed E-state index contributed by atoms with van der Waals surface area (Å²) in [7, 11) is 1.60. The van der Waals surface area contributed by atoms with E-state index in [1.54, 1.807) is 11.6 Å². The lowest BCUT2D eigenvalue weighted by atomic mass is 9.98. The van der Waals surface area contributed by atoms with Crippen LogP contribution in [0.3, 0.4) is 0 Å². The molecule has 0 bridgehead atoms. The molecule has 3 aromatic heterocycles. The number of carbonyl (C=O) groups excluding carboxylic acids is 2. The van der Waals surface area contributed by atoms with Crippen LogP contribution in [0.2, 0.25) is 10.0 Å². The Labute approximate surface area is 293 Å². The highest BCUT2D eigenvalue weighted by Crippen LogP contribution is 2.42. The number of nitrogens with one attached hydrogen (secondary N) is 4. The standard InChI is InChI=1S/C36H36Cl2N8O3/c1-49-36-21(16-39-17-22-9-14-32(47)42-22)8-11-29(44-36)27-6-2-4-25(34(27)37)26-5-3-7-28(35(26)38)30-12-13-31-41-24(20-46(31)45-30)19-40-18-23-10-15-33(48)43-23/h2-8,11-13,20,22-23,39-40H,9-10,14-19H2,1H3,(H,42,47)(H,43,48). The maximum Gasteiger partial charge on any atom is 0.220 e. The number of nitrogens with zero attached hydrogens (tertiary/aromatic N) is 4. The highest BCUT2D eigenvalue weighted by atomic mass is 35.5. The zero-order valence-electron chi connectivity index (χ0n) is 26.9. The second-order valence-electron chi connectivity index (χ2n) is 12.3. The van der Waals surface area contributed by atoms with Crippen LogP contribution in [0, 0.1) is 0 Å². The number of ether oxygens (including phenoxy) is 1. The number of carbonyl (C=O) groups is 2. The Morgan fingerprint density at radius 1 is 0.776 bits per heavy atom. The molecule has 2 aliphatic heterocycles. The quantitative estimate of drug-likeness (QED) is 0.140. The van der Waals surface area contributed by atoms with Gasteiger partial charge in [-0.2, -0.15) is 5.10 Å². The van der Waals surface area contributed by atoms with Gasteiger partial charge in [0, 0.05) is 78.9 Å². The summed E-state index contributed by atoms with van der Waals surface area (Å²) in [6.45, 7) is 2.49. The Kier molecular flexibility index (Phi) is 9.77. The molecule has 0 aliphatic carbocycles. The fourth-order valence-corrected chi connectivity index (χ4v) is 7.03. The van der Waals surface area contributed by atoms with Crippen molar-refractivity contribution < 1.29 is 14.3 Å². The SMILES string of the molecule is COc1nc(-c2cccc(-c3cccc(-c4ccc5nc(CNCC6CCC(=O)N6)cn5n4)c3Cl)c2Cl)ccc1CNCC1CCC(=O)N1. The molecule has 2 atom stereocenters. The van der Waals surface area contributed by atoms with Gasteiger partial charge in [0.05, 0.1) is 40.4 Å². The van der Waals surface area contributed by atoms with Crippen molar-refractivity contribution in [1.29, 1.82) is 0 Å². The van der Waals surface area contributed by atoms with Gasteiger partial charge in [-0.25, -0.2) is 14.5 Å². The first-order valence-electron chi connectivity index (χ1n) is 16.3. The van der Waals surface area contributed by atoms with Gasteiger partial charge in [0.2, 0.25) is 17.7 Å². The summed E-state index contributed by atoms with van der Waals surface area (Å²) < 4.78 is 7.40. The van der Waals surface area contributed by atoms with E-state index in [9.17, 15) is 9.59 Å². The van der Waals surface area contributed by atoms with Crippen molar-refractivity contribution in [2.45, 2.75) is 50.9 Å². The van der Waals surface area contributed by atoms with Crippen molar-refractivity contribution in [3.05, 3.63) is 88.2 Å². The zero-order chi connectivity index (χ0) is 33.9. The predicted octanol–water partition coefficient (Wildman–Crippen LogP) is 5.18. The van der Waals surface area contributed by atoms with Crippen LogP contribution in [0.5, 0.6) is 5.88 Å². The summed E-state index contributed by atoms with van der Waals surface area (Å²) in [5.74, 6) is 0.710. The summed E-state index contributed by atoms with van der Waals surface area (Å²) in [5.41, 5.74) is 6.92. The van der Waals surface area contributed by atoms with Crippen molar-refractivity contribution >= 4 is 40.7 Å². The maximum absolute atomic E-state index is 11.5. The molecule has 4 N–H and O–H groups in total. The fourth-order valence-electron chi connectivity index (χ4n) is 6.38. The van der Waals surface area contributed by atoms with Crippen molar-refractivity contribution in [1.82, 2.24) is 40.8 Å². The van der Waals surface area contributed by atoms with Crippen LogP contribution in [-0.2, 0) is 22.7 Å². The number of pyridine rings is 1. The third-order valence-corrected chi connectivity index (χ3v) is 9.73. The molecule has 2 saturated heterocycles. The molecular formula is C36H36Cl2N8O3. The van der Waals surface area contributed by atoms with E-state index in [0.717, 1.165) is 52.0 Å². The van der Waals surface area contributed by atoms with Gasteiger partial charge in [0.15, 0.2) is 5.65 Å². The largest absolute Gasteiger partial charge is 0.481 e. The van der Waals surface area contributed by atoms with Crippen LogP contribution in [0.25, 0.3) is 39.3 Å². The summed E-state index contributed by atoms with van der Waals surface area (Å²) >= 11 is 14.2. The summed E-state index contributed by atoms with van der Waals surface area (Å²) in [4.78, 5) is 32.4. The van der Waals surface area contributed by atoms with Crippen molar-refractivity contribution in [2.75, 3.05) is 20.2 Å². The third kappa shape index (κ3) is 7.25. The number of hydrogen-bond donors (Lipinski definition) is 4. The fraction of sp³-hybridized carbons (Fsp3) is 0.306. The van der Waals surface area contributed by atoms with Gasteiger partial charge in [0.25, 0.3) is 0 Å². The number of fused-ring (bicyclic) bond motifs is 1. The van der Waals surface area contributed by atoms with E-state index in [2.05, 4.69) is 26.3 Å². The zero-order valence-corrected chi connectivity index (χ0v) is 28.4. The van der Waals surface area contributed by atoms with Crippen LogP contribution in [0.1, 0.15) is 36.9 Å². The molecule has 252 valence electrons. The number of hydrogen-bond acceptors (Lipinski definition) is 8. The number of imidazole rings is 1. The highest BCUT2D eigenvalue weighted by Gasteiger charge is 2.22. The van der Waals surface area contributed by atoms with Crippen molar-refractivity contribution in [3.8, 4) is 39.5 Å². The van der Waals surface area contributed by atoms with Gasteiger partial charge in [-0.05, 0) is 31.0 Å². The van der Waals surface area contributed by atoms with E-state index in [4.69, 9.17) is 38.0 Å². The van der Waals surface area contributed by atoms with Gasteiger partial charge in [-0.1, -0.05) is 65.7 Å². The number of amides is 2. The molecule has 2 aliphatic rings. The summed E-state index contributed by atoms with van der Waals surface area (Å²) in [5, 5.41) is 18.6. The second-order valence-corrected chi connectivity index (χ2v) is 13.1. The van der Waals surface area contributed by atoms with E-state index >= 15 is 0 Å². The number of halogens is 2. The molecule has 5 heterocycles. The molecule has 0 radical (unpaired) electrons. The van der Waals surface area contributed by atoms with Crippen LogP contribution >= 0.6 is 23.2 Å². The molecule has 7 rings (SSSR count). The predicted molar refractivity (Wildman–Crippen MR) is 189 cm³/mol. The van der Waals surface area contributed by atoms with Gasteiger partial charge in [-0.3, -0.25) is 9.59 Å². The molecule has 11 nitrogen and oxygen atoms in total. The molecule has 0 saturated carbocycles. The Balaban J connectivity index is 1.09. The second kappa shape index (κ2) is 14.5. The number of aromatic nitrogens is 4. The van der Waals surface area contributed by atoms with Crippen LogP contribution in [0.15, 0.2) is 66.9 Å². The molecule has 13 heteroatoms. The van der Waals surface area contributed by atoms with Gasteiger partial charge < -0.3 is 26.0 Å². The Morgan fingerprint density at radius 3 is 1.98 bits per heavy atom. The van der Waals surface area contributed by atoms with Crippen LogP contribution in [0.4, 0.5) is 0 Å². The Hall–Kier alpha value is -4.55. The Bertz CT molecular complexity index is 2030. The van der Waals surface area contributed by atoms with E-state index in [1.807, 2.05) is 66.9 Å². The number of rotatable bonds is 12. The average Bonchev–Trinajstić information content (AvgIpc) is 3.84. The van der Waals surface area contributed by atoms with E-state index < -0.39 is 0 Å². The molecule has 0 spiro atoms. The third-order valence-electron chi connectivity index (χ3n) is 8.91. The van der Waals surface area contributed by atoms with Crippen LogP contribution in [-0.4, -0.2) is 63.7 Å². The molecular weight excluding hydrogens is 663 g/mol. The monoisotopic (exact) mass is 698 g/mol. The number of benzene rings is 2. The smallest absolute Gasteiger partial charge is 0.220 e. The normalized spacial score (nSPS) is 17.4. The van der Waals surface area contributed by atoms with Gasteiger partial charge >= 0.3 is 0 Å². The first-order valence-corrected chi connectivity index (χ1v) is 17.1. The molecule has 5 aromatic rings. The molecule has 2 unspecified atom stereocenters. The molecule has 2 aromatic carbocycles. The highest BCUT2D eigenvalue weighted by molar-refractivity contribution is 6.39. The lowest BCUT2D eigenvalue weighted by Crippen LogP contribution is -2.35. The first kappa shape index (κ1) is 33.0. The molecule has 2 amide bonds. The summed E-state index contributed by atoms with van der Waals surface area (Å²) in [6.07, 6.45) is 4.73. The lowest BCUT2D eigenvalue weighted by Gasteiger charge is -2.15. The maximum atomic E-state index is 11.5. The minimum Gasteiger partial charge on any atom is -0.481 e. The Morgan fingerprint density at radius 2 is 1.37 bits per heavy atom. The van der Waals surface area contributed by atoms with Gasteiger partial charge in [0.1, 0.15) is 0 Å². The van der Waals surface area contributed by atoms with Crippen molar-refractivity contribution in [2.24, 2.45) is 0 Å². The van der Waals surface area contributed by atoms with E-state index in [-0.39, 0.29) is 23.9 Å². The molecule has 2 fully saturated rings. The summed E-state index contributed by atoms with van der Waals surface area (Å²) in [6, 6.07) is 19.7.